The van der Waals surface area contributed by atoms with Gasteiger partial charge in [-0.25, -0.2) is 9.59 Å². The minimum atomic E-state index is -0.930. The van der Waals surface area contributed by atoms with Crippen LogP contribution in [-0.2, 0) is 24.9 Å². The van der Waals surface area contributed by atoms with Crippen molar-refractivity contribution >= 4 is 48.8 Å². The zero-order valence-corrected chi connectivity index (χ0v) is 11.5. The van der Waals surface area contributed by atoms with Crippen molar-refractivity contribution in [2.45, 2.75) is 13.0 Å². The molecule has 0 aliphatic carbocycles. The molecule has 0 saturated heterocycles. The van der Waals surface area contributed by atoms with Crippen molar-refractivity contribution in [2.75, 3.05) is 6.54 Å². The van der Waals surface area contributed by atoms with Crippen LogP contribution in [-0.4, -0.2) is 46.4 Å². The van der Waals surface area contributed by atoms with E-state index in [4.69, 9.17) is 22.3 Å². The van der Waals surface area contributed by atoms with Crippen LogP contribution in [0.3, 0.4) is 0 Å². The maximum absolute atomic E-state index is 11.4. The number of amides is 4. The Morgan fingerprint density at radius 3 is 1.95 bits per heavy atom. The van der Waals surface area contributed by atoms with Gasteiger partial charge >= 0.3 is 12.1 Å². The largest absolute Gasteiger partial charge is 0.370 e. The number of nitrogens with zero attached hydrogens (tertiary/aromatic N) is 4. The molecule has 0 heterocycles. The number of nitrogens with one attached hydrogen (secondary N) is 2. The van der Waals surface area contributed by atoms with Gasteiger partial charge in [0.05, 0.1) is 12.6 Å². The topological polar surface area (TPSA) is 165 Å². The fourth-order valence-electron chi connectivity index (χ4n) is 1.25. The lowest BCUT2D eigenvalue weighted by atomic mass is 10.3. The molecule has 0 bridgehead atoms. The molecule has 0 aliphatic heterocycles. The van der Waals surface area contributed by atoms with E-state index < -0.39 is 30.0 Å². The van der Waals surface area contributed by atoms with E-state index in [9.17, 15) is 9.59 Å². The quantitative estimate of drug-likeness (QED) is 0.404. The van der Waals surface area contributed by atoms with Gasteiger partial charge in [0.1, 0.15) is 0 Å². The van der Waals surface area contributed by atoms with E-state index in [0.717, 1.165) is 9.80 Å². The average Bonchev–Trinajstić information content (AvgIpc) is 2.34. The van der Waals surface area contributed by atoms with Crippen molar-refractivity contribution in [3.63, 3.8) is 0 Å². The Labute approximate surface area is 119 Å². The molecule has 0 aromatic rings. The lowest BCUT2D eigenvalue weighted by Crippen LogP contribution is -2.52. The van der Waals surface area contributed by atoms with Crippen molar-refractivity contribution in [2.24, 2.45) is 20.2 Å². The van der Waals surface area contributed by atoms with Crippen molar-refractivity contribution in [3.05, 3.63) is 0 Å². The van der Waals surface area contributed by atoms with Gasteiger partial charge in [-0.15, -0.1) is 8.73 Å². The highest BCUT2D eigenvalue weighted by Crippen LogP contribution is 2.05. The first-order valence-corrected chi connectivity index (χ1v) is 5.48. The zero-order valence-electron chi connectivity index (χ0n) is 9.86. The predicted molar refractivity (Wildman–Crippen MR) is 72.2 cm³/mol. The van der Waals surface area contributed by atoms with Crippen molar-refractivity contribution in [1.82, 2.24) is 9.80 Å². The number of nitrogens with two attached hydrogens (primary N) is 2. The van der Waals surface area contributed by atoms with Crippen molar-refractivity contribution < 1.29 is 9.59 Å². The van der Waals surface area contributed by atoms with Gasteiger partial charge in [-0.05, 0) is 6.92 Å². The van der Waals surface area contributed by atoms with Gasteiger partial charge in [0, 0.05) is 24.9 Å². The van der Waals surface area contributed by atoms with Gasteiger partial charge in [-0.2, -0.15) is 0 Å². The summed E-state index contributed by atoms with van der Waals surface area (Å²) < 4.78 is 5.91. The Hall–Kier alpha value is -2.08. The maximum atomic E-state index is 11.4. The normalized spacial score (nSPS) is 11.0. The number of rotatable bonds is 3. The van der Waals surface area contributed by atoms with Crippen LogP contribution in [0.25, 0.3) is 0 Å². The molecule has 4 amide bonds. The van der Waals surface area contributed by atoms with Crippen LogP contribution >= 0.6 is 0 Å². The minimum Gasteiger partial charge on any atom is -0.370 e. The van der Waals surface area contributed by atoms with Crippen LogP contribution in [0, 0.1) is 10.8 Å². The first-order valence-electron chi connectivity index (χ1n) is 4.75. The summed E-state index contributed by atoms with van der Waals surface area (Å²) in [4.78, 5) is 24.2. The first-order chi connectivity index (χ1) is 8.76. The molecule has 0 aromatic heterocycles. The Morgan fingerprint density at radius 1 is 1.16 bits per heavy atom. The molecular formula is C7H12N8O2S2. The molecule has 1 unspecified atom stereocenters. The third kappa shape index (κ3) is 4.59. The van der Waals surface area contributed by atoms with Crippen LogP contribution in [0.4, 0.5) is 9.59 Å². The van der Waals surface area contributed by atoms with Crippen molar-refractivity contribution in [3.8, 4) is 0 Å². The Morgan fingerprint density at radius 2 is 1.63 bits per heavy atom. The number of hydrogen-bond acceptors (Lipinski definition) is 6. The van der Waals surface area contributed by atoms with Gasteiger partial charge in [-0.3, -0.25) is 20.6 Å². The summed E-state index contributed by atoms with van der Waals surface area (Å²) in [5.74, 6) is -1.20. The molecule has 0 saturated carbocycles. The minimum absolute atomic E-state index is 0.232. The van der Waals surface area contributed by atoms with E-state index in [0.29, 0.717) is 0 Å². The molecule has 0 fully saturated rings. The lowest BCUT2D eigenvalue weighted by molar-refractivity contribution is 0.204. The molecule has 0 aliphatic rings. The number of carbonyl (C=O) groups excluding carboxylic acids is 2. The zero-order chi connectivity index (χ0) is 15.2. The average molecular weight is 304 g/mol. The third-order valence-corrected chi connectivity index (χ3v) is 2.34. The van der Waals surface area contributed by atoms with Gasteiger partial charge in [0.2, 0.25) is 0 Å². The summed E-state index contributed by atoms with van der Waals surface area (Å²) in [5.41, 5.74) is 10.4. The molecule has 0 spiro atoms. The summed E-state index contributed by atoms with van der Waals surface area (Å²) in [6.07, 6.45) is 0. The van der Waals surface area contributed by atoms with E-state index in [1.54, 1.807) is 0 Å². The molecule has 19 heavy (non-hydrogen) atoms. The second-order valence-electron chi connectivity index (χ2n) is 3.35. The first kappa shape index (κ1) is 16.9. The summed E-state index contributed by atoms with van der Waals surface area (Å²) in [6.45, 7) is 1.23. The molecule has 0 rings (SSSR count). The van der Waals surface area contributed by atoms with E-state index in [1.807, 2.05) is 0 Å². The van der Waals surface area contributed by atoms with Crippen LogP contribution in [0.1, 0.15) is 6.92 Å². The number of guanidine groups is 2. The second-order valence-corrected chi connectivity index (χ2v) is 3.71. The standard InChI is InChI=1S/C7H12N8O2S2/c1-3(15(5(10)11)7(17)13-19)2-14(4(8)9)6(16)12-18/h3H,2H2,1H3,(H3,8,9)(H3,10,11). The second kappa shape index (κ2) is 7.38. The summed E-state index contributed by atoms with van der Waals surface area (Å²) in [6, 6.07) is -2.65. The highest BCUT2D eigenvalue weighted by atomic mass is 32.1. The molecule has 0 radical (unpaired) electrons. The highest BCUT2D eigenvalue weighted by Gasteiger charge is 2.27. The van der Waals surface area contributed by atoms with Crippen LogP contribution in [0.5, 0.6) is 0 Å². The van der Waals surface area contributed by atoms with E-state index >= 15 is 0 Å². The Kier molecular flexibility index (Phi) is 6.57. The third-order valence-electron chi connectivity index (χ3n) is 2.03. The number of carbonyl (C=O) groups is 2. The molecule has 104 valence electrons. The van der Waals surface area contributed by atoms with Gasteiger partial charge < -0.3 is 11.5 Å². The lowest BCUT2D eigenvalue weighted by Gasteiger charge is -2.28. The summed E-state index contributed by atoms with van der Waals surface area (Å²) >= 11 is 8.44. The molecule has 6 N–H and O–H groups in total. The van der Waals surface area contributed by atoms with Crippen molar-refractivity contribution in [1.29, 1.82) is 10.8 Å². The smallest absolute Gasteiger partial charge is 0.362 e. The highest BCUT2D eigenvalue weighted by molar-refractivity contribution is 7.48. The Balaban J connectivity index is 5.11. The molecule has 0 aromatic carbocycles. The van der Waals surface area contributed by atoms with Crippen LogP contribution in [0.15, 0.2) is 8.73 Å². The molecular weight excluding hydrogens is 292 g/mol. The number of hydrogen-bond donors (Lipinski definition) is 4. The summed E-state index contributed by atoms with van der Waals surface area (Å²) in [5, 5.41) is 14.5. The van der Waals surface area contributed by atoms with E-state index in [2.05, 4.69) is 33.6 Å². The van der Waals surface area contributed by atoms with Gasteiger partial charge in [-0.1, -0.05) is 0 Å². The number of urea groups is 2. The summed E-state index contributed by atoms with van der Waals surface area (Å²) in [7, 11) is 0. The van der Waals surface area contributed by atoms with E-state index in [-0.39, 0.29) is 6.54 Å². The van der Waals surface area contributed by atoms with Gasteiger partial charge in [0.25, 0.3) is 0 Å². The maximum Gasteiger partial charge on any atom is 0.362 e. The fraction of sp³-hybridized carbons (Fsp3) is 0.429. The predicted octanol–water partition coefficient (Wildman–Crippen LogP) is -0.533. The Bertz CT molecular complexity index is 439. The fourth-order valence-corrected chi connectivity index (χ4v) is 1.43. The molecule has 10 nitrogen and oxygen atoms in total. The van der Waals surface area contributed by atoms with Crippen LogP contribution < -0.4 is 11.5 Å². The molecule has 12 heteroatoms. The monoisotopic (exact) mass is 304 g/mol. The van der Waals surface area contributed by atoms with Crippen LogP contribution in [0.2, 0.25) is 0 Å². The van der Waals surface area contributed by atoms with Gasteiger partial charge in [0.15, 0.2) is 11.9 Å². The molecule has 1 atom stereocenters. The SMILES string of the molecule is CC(CN(C(=N)N)C(=O)N=S)N(C(=N)N)C(=O)N=S. The van der Waals surface area contributed by atoms with E-state index in [1.165, 1.54) is 6.92 Å².